The maximum absolute atomic E-state index is 10.7. The van der Waals surface area contributed by atoms with Crippen molar-refractivity contribution in [3.8, 4) is 0 Å². The van der Waals surface area contributed by atoms with Gasteiger partial charge in [0.1, 0.15) is 5.78 Å². The van der Waals surface area contributed by atoms with E-state index in [-0.39, 0.29) is 22.5 Å². The van der Waals surface area contributed by atoms with E-state index in [0.29, 0.717) is 0 Å². The topological polar surface area (TPSA) is 17.1 Å². The van der Waals surface area contributed by atoms with Crippen molar-refractivity contribution in [1.29, 1.82) is 0 Å². The van der Waals surface area contributed by atoms with Gasteiger partial charge in [-0.3, -0.25) is 4.79 Å². The average molecular weight is 147 g/mol. The monoisotopic (exact) mass is 146 g/mol. The smallest absolute Gasteiger partial charge is 0.134 e. The molecule has 0 N–H and O–H groups in total. The summed E-state index contributed by atoms with van der Waals surface area (Å²) in [5, 5.41) is 0.0787. The fourth-order valence-corrected chi connectivity index (χ4v) is 1.87. The zero-order valence-electron chi connectivity index (χ0n) is 5.94. The molecule has 52 valence electrons. The van der Waals surface area contributed by atoms with Gasteiger partial charge >= 0.3 is 0 Å². The van der Waals surface area contributed by atoms with Crippen molar-refractivity contribution in [3.63, 3.8) is 0 Å². The lowest BCUT2D eigenvalue weighted by Crippen LogP contribution is -1.99. The van der Waals surface area contributed by atoms with Gasteiger partial charge in [-0.2, -0.15) is 0 Å². The fraction of sp³-hybridized carbons (Fsp3) is 0.857. The minimum absolute atomic E-state index is 0.0629. The van der Waals surface area contributed by atoms with Crippen molar-refractivity contribution in [2.45, 2.75) is 26.1 Å². The second kappa shape index (κ2) is 1.72. The van der Waals surface area contributed by atoms with Crippen LogP contribution in [0.2, 0.25) is 0 Å². The lowest BCUT2D eigenvalue weighted by molar-refractivity contribution is -0.118. The SMILES string of the molecule is CC(=O)[C@@H]1[C@H](Cl)C1(C)C. The Morgan fingerprint density at radius 3 is 1.89 bits per heavy atom. The molecule has 2 atom stereocenters. The van der Waals surface area contributed by atoms with Crippen LogP contribution in [0.15, 0.2) is 0 Å². The highest BCUT2D eigenvalue weighted by Gasteiger charge is 2.59. The summed E-state index contributed by atoms with van der Waals surface area (Å²) in [5.41, 5.74) is 0.0629. The van der Waals surface area contributed by atoms with Crippen molar-refractivity contribution in [1.82, 2.24) is 0 Å². The van der Waals surface area contributed by atoms with E-state index in [2.05, 4.69) is 0 Å². The van der Waals surface area contributed by atoms with E-state index in [9.17, 15) is 4.79 Å². The number of rotatable bonds is 1. The molecular weight excluding hydrogens is 136 g/mol. The second-order valence-electron chi connectivity index (χ2n) is 3.31. The third-order valence-electron chi connectivity index (χ3n) is 2.13. The highest BCUT2D eigenvalue weighted by molar-refractivity contribution is 6.25. The summed E-state index contributed by atoms with van der Waals surface area (Å²) in [6.07, 6.45) is 0. The summed E-state index contributed by atoms with van der Waals surface area (Å²) in [5.74, 6) is 0.333. The lowest BCUT2D eigenvalue weighted by atomic mass is 10.1. The molecule has 0 aromatic rings. The Labute approximate surface area is 60.4 Å². The maximum atomic E-state index is 10.7. The first-order valence-corrected chi connectivity index (χ1v) is 3.56. The number of hydrogen-bond acceptors (Lipinski definition) is 1. The number of hydrogen-bond donors (Lipinski definition) is 0. The number of carbonyl (C=O) groups excluding carboxylic acids is 1. The van der Waals surface area contributed by atoms with Gasteiger partial charge in [0.05, 0.1) is 0 Å². The van der Waals surface area contributed by atoms with Crippen molar-refractivity contribution >= 4 is 17.4 Å². The first-order chi connectivity index (χ1) is 3.98. The molecule has 1 saturated carbocycles. The second-order valence-corrected chi connectivity index (χ2v) is 3.78. The van der Waals surface area contributed by atoms with Crippen molar-refractivity contribution in [2.24, 2.45) is 11.3 Å². The Balaban J connectivity index is 2.62. The molecule has 0 unspecified atom stereocenters. The van der Waals surface area contributed by atoms with E-state index in [1.54, 1.807) is 6.92 Å². The van der Waals surface area contributed by atoms with Crippen LogP contribution in [-0.2, 0) is 4.79 Å². The van der Waals surface area contributed by atoms with E-state index in [1.807, 2.05) is 13.8 Å². The summed E-state index contributed by atoms with van der Waals surface area (Å²) < 4.78 is 0. The number of Topliss-reactive ketones (excluding diaryl/α,β-unsaturated/α-hetero) is 1. The Morgan fingerprint density at radius 2 is 1.89 bits per heavy atom. The van der Waals surface area contributed by atoms with E-state index in [4.69, 9.17) is 11.6 Å². The Bertz CT molecular complexity index is 151. The van der Waals surface area contributed by atoms with Gasteiger partial charge in [-0.1, -0.05) is 13.8 Å². The third-order valence-corrected chi connectivity index (χ3v) is 2.95. The van der Waals surface area contributed by atoms with Gasteiger partial charge in [0.2, 0.25) is 0 Å². The van der Waals surface area contributed by atoms with Gasteiger partial charge in [-0.25, -0.2) is 0 Å². The zero-order valence-corrected chi connectivity index (χ0v) is 6.70. The van der Waals surface area contributed by atoms with Crippen LogP contribution in [0.25, 0.3) is 0 Å². The standard InChI is InChI=1S/C7H11ClO/c1-4(9)5-6(8)7(5,2)3/h5-6H,1-3H3/t5-,6+/m1/s1. The molecule has 1 nitrogen and oxygen atoms in total. The summed E-state index contributed by atoms with van der Waals surface area (Å²) >= 11 is 5.82. The summed E-state index contributed by atoms with van der Waals surface area (Å²) in [6, 6.07) is 0. The quantitative estimate of drug-likeness (QED) is 0.516. The molecule has 0 spiro atoms. The molecule has 0 aromatic heterocycles. The van der Waals surface area contributed by atoms with Crippen LogP contribution < -0.4 is 0 Å². The minimum Gasteiger partial charge on any atom is -0.300 e. The van der Waals surface area contributed by atoms with Gasteiger partial charge in [0, 0.05) is 11.3 Å². The number of halogens is 1. The average Bonchev–Trinajstić information content (AvgIpc) is 2.07. The van der Waals surface area contributed by atoms with Gasteiger partial charge in [-0.15, -0.1) is 11.6 Å². The van der Waals surface area contributed by atoms with Crippen molar-refractivity contribution in [2.75, 3.05) is 0 Å². The van der Waals surface area contributed by atoms with Crippen molar-refractivity contribution < 1.29 is 4.79 Å². The molecule has 9 heavy (non-hydrogen) atoms. The molecule has 0 heterocycles. The molecule has 2 heteroatoms. The maximum Gasteiger partial charge on any atom is 0.134 e. The fourth-order valence-electron chi connectivity index (χ4n) is 1.31. The van der Waals surface area contributed by atoms with Crippen molar-refractivity contribution in [3.05, 3.63) is 0 Å². The molecule has 0 bridgehead atoms. The first kappa shape index (κ1) is 7.07. The third kappa shape index (κ3) is 0.877. The van der Waals surface area contributed by atoms with E-state index < -0.39 is 0 Å². The van der Waals surface area contributed by atoms with Crippen LogP contribution in [0.4, 0.5) is 0 Å². The molecule has 0 amide bonds. The highest BCUT2D eigenvalue weighted by Crippen LogP contribution is 2.56. The molecule has 1 aliphatic carbocycles. The van der Waals surface area contributed by atoms with E-state index >= 15 is 0 Å². The largest absolute Gasteiger partial charge is 0.300 e. The summed E-state index contributed by atoms with van der Waals surface area (Å²) in [6.45, 7) is 5.66. The highest BCUT2D eigenvalue weighted by atomic mass is 35.5. The van der Waals surface area contributed by atoms with Crippen LogP contribution in [0.1, 0.15) is 20.8 Å². The Morgan fingerprint density at radius 1 is 1.56 bits per heavy atom. The van der Waals surface area contributed by atoms with Gasteiger partial charge in [0.15, 0.2) is 0 Å². The predicted molar refractivity (Wildman–Crippen MR) is 37.6 cm³/mol. The molecule has 0 radical (unpaired) electrons. The minimum atomic E-state index is 0.0629. The van der Waals surface area contributed by atoms with Crippen LogP contribution in [0, 0.1) is 11.3 Å². The van der Waals surface area contributed by atoms with Gasteiger partial charge in [0.25, 0.3) is 0 Å². The van der Waals surface area contributed by atoms with Crippen LogP contribution in [0.3, 0.4) is 0 Å². The lowest BCUT2D eigenvalue weighted by Gasteiger charge is -1.95. The Kier molecular flexibility index (Phi) is 1.35. The zero-order chi connectivity index (χ0) is 7.23. The molecule has 1 fully saturated rings. The van der Waals surface area contributed by atoms with Crippen LogP contribution in [-0.4, -0.2) is 11.2 Å². The summed E-state index contributed by atoms with van der Waals surface area (Å²) in [4.78, 5) is 10.7. The predicted octanol–water partition coefficient (Wildman–Crippen LogP) is 1.84. The van der Waals surface area contributed by atoms with Gasteiger partial charge in [-0.05, 0) is 12.3 Å². The molecule has 0 saturated heterocycles. The normalized spacial score (nSPS) is 38.2. The molecule has 0 aromatic carbocycles. The molecular formula is C7H11ClO. The first-order valence-electron chi connectivity index (χ1n) is 3.12. The Hall–Kier alpha value is -0.0400. The molecule has 1 rings (SSSR count). The van der Waals surface area contributed by atoms with E-state index in [1.165, 1.54) is 0 Å². The molecule has 0 aliphatic heterocycles. The molecule has 1 aliphatic rings. The number of ketones is 1. The van der Waals surface area contributed by atoms with Crippen LogP contribution >= 0.6 is 11.6 Å². The summed E-state index contributed by atoms with van der Waals surface area (Å²) in [7, 11) is 0. The van der Waals surface area contributed by atoms with Gasteiger partial charge < -0.3 is 0 Å². The number of carbonyl (C=O) groups is 1. The van der Waals surface area contributed by atoms with Crippen LogP contribution in [0.5, 0.6) is 0 Å². The number of alkyl halides is 1. The van der Waals surface area contributed by atoms with E-state index in [0.717, 1.165) is 0 Å².